The Bertz CT molecular complexity index is 1300. The Morgan fingerprint density at radius 1 is 0.886 bits per heavy atom. The van der Waals surface area contributed by atoms with Crippen LogP contribution in [0.3, 0.4) is 0 Å². The maximum Gasteiger partial charge on any atom is 0.268 e. The van der Waals surface area contributed by atoms with Crippen LogP contribution in [-0.4, -0.2) is 55.8 Å². The molecule has 5 rings (SSSR count). The first-order valence-corrected chi connectivity index (χ1v) is 14.1. The maximum atomic E-state index is 13.6. The van der Waals surface area contributed by atoms with Crippen molar-refractivity contribution < 1.29 is 13.2 Å². The predicted molar refractivity (Wildman–Crippen MR) is 139 cm³/mol. The van der Waals surface area contributed by atoms with Crippen molar-refractivity contribution in [2.75, 3.05) is 37.6 Å². The molecule has 2 aromatic carbocycles. The first-order chi connectivity index (χ1) is 16.9. The third-order valence-electron chi connectivity index (χ3n) is 7.04. The van der Waals surface area contributed by atoms with E-state index in [9.17, 15) is 13.2 Å². The fourth-order valence-electron chi connectivity index (χ4n) is 5.10. The van der Waals surface area contributed by atoms with E-state index < -0.39 is 10.0 Å². The molecule has 1 fully saturated rings. The van der Waals surface area contributed by atoms with Gasteiger partial charge in [0.05, 0.1) is 4.90 Å². The molecule has 35 heavy (non-hydrogen) atoms. The third kappa shape index (κ3) is 5.03. The number of carbonyl (C=O) groups excluding carboxylic acids is 1. The Balaban J connectivity index is 1.30. The summed E-state index contributed by atoms with van der Waals surface area (Å²) in [4.78, 5) is 18.2. The molecular weight excluding hydrogens is 482 g/mol. The number of hydrogen-bond donors (Lipinski definition) is 0. The monoisotopic (exact) mass is 511 g/mol. The Labute approximate surface area is 212 Å². The number of hydrogen-bond acceptors (Lipinski definition) is 5. The van der Waals surface area contributed by atoms with Crippen LogP contribution in [0.2, 0.25) is 5.02 Å². The summed E-state index contributed by atoms with van der Waals surface area (Å²) >= 11 is 6.00. The van der Waals surface area contributed by atoms with Crippen molar-refractivity contribution >= 4 is 33.1 Å². The molecule has 0 spiro atoms. The van der Waals surface area contributed by atoms with Gasteiger partial charge < -0.3 is 4.90 Å². The molecule has 3 aromatic rings. The maximum absolute atomic E-state index is 13.6. The van der Waals surface area contributed by atoms with Crippen LogP contribution in [0.25, 0.3) is 0 Å². The van der Waals surface area contributed by atoms with Gasteiger partial charge in [-0.3, -0.25) is 9.69 Å². The van der Waals surface area contributed by atoms with Crippen molar-refractivity contribution in [2.45, 2.75) is 37.0 Å². The molecule has 1 aliphatic carbocycles. The number of fused-ring (bicyclic) bond motifs is 1. The Morgan fingerprint density at radius 2 is 1.57 bits per heavy atom. The molecule has 1 aliphatic heterocycles. The fourth-order valence-corrected chi connectivity index (χ4v) is 6.85. The Kier molecular flexibility index (Phi) is 7.00. The topological polar surface area (TPSA) is 62.6 Å². The minimum absolute atomic E-state index is 0.112. The van der Waals surface area contributed by atoms with E-state index >= 15 is 0 Å². The Hall–Kier alpha value is -2.61. The summed E-state index contributed by atoms with van der Waals surface area (Å²) in [7, 11) is -3.83. The van der Waals surface area contributed by atoms with Gasteiger partial charge in [0.2, 0.25) is 0 Å². The molecule has 184 valence electrons. The van der Waals surface area contributed by atoms with E-state index in [0.717, 1.165) is 67.4 Å². The molecule has 6 nitrogen and oxygen atoms in total. The van der Waals surface area contributed by atoms with E-state index in [1.165, 1.54) is 3.97 Å². The number of benzene rings is 2. The van der Waals surface area contributed by atoms with E-state index in [0.29, 0.717) is 25.1 Å². The summed E-state index contributed by atoms with van der Waals surface area (Å²) < 4.78 is 28.5. The fraction of sp³-hybridized carbons (Fsp3) is 0.370. The predicted octanol–water partition coefficient (Wildman–Crippen LogP) is 4.65. The molecule has 8 heteroatoms. The van der Waals surface area contributed by atoms with Gasteiger partial charge in [-0.25, -0.2) is 12.4 Å². The highest BCUT2D eigenvalue weighted by molar-refractivity contribution is 7.90. The molecular formula is C27H30ClN3O3S. The summed E-state index contributed by atoms with van der Waals surface area (Å²) in [6.45, 7) is 4.09. The molecule has 2 heterocycles. The highest BCUT2D eigenvalue weighted by Crippen LogP contribution is 2.30. The summed E-state index contributed by atoms with van der Waals surface area (Å²) in [6, 6.07) is 18.1. The number of anilines is 1. The van der Waals surface area contributed by atoms with E-state index in [1.54, 1.807) is 30.3 Å². The van der Waals surface area contributed by atoms with Crippen LogP contribution in [0.5, 0.6) is 0 Å². The quantitative estimate of drug-likeness (QED) is 0.432. The Morgan fingerprint density at radius 3 is 2.29 bits per heavy atom. The second-order valence-electron chi connectivity index (χ2n) is 9.27. The molecule has 2 aliphatic rings. The third-order valence-corrected chi connectivity index (χ3v) is 9.06. The molecule has 0 radical (unpaired) electrons. The van der Waals surface area contributed by atoms with Crippen LogP contribution >= 0.6 is 11.6 Å². The van der Waals surface area contributed by atoms with E-state index in [2.05, 4.69) is 9.80 Å². The van der Waals surface area contributed by atoms with Crippen molar-refractivity contribution in [1.29, 1.82) is 0 Å². The lowest BCUT2D eigenvalue weighted by Crippen LogP contribution is -2.47. The normalized spacial score (nSPS) is 16.8. The zero-order chi connectivity index (χ0) is 24.4. The van der Waals surface area contributed by atoms with Gasteiger partial charge in [0.25, 0.3) is 10.0 Å². The molecule has 0 N–H and O–H groups in total. The van der Waals surface area contributed by atoms with Gasteiger partial charge in [0.1, 0.15) is 5.69 Å². The van der Waals surface area contributed by atoms with Gasteiger partial charge in [-0.05, 0) is 73.7 Å². The molecule has 1 aromatic heterocycles. The van der Waals surface area contributed by atoms with Crippen molar-refractivity contribution in [3.05, 3.63) is 82.6 Å². The van der Waals surface area contributed by atoms with Gasteiger partial charge in [-0.2, -0.15) is 0 Å². The van der Waals surface area contributed by atoms with Gasteiger partial charge >= 0.3 is 0 Å². The van der Waals surface area contributed by atoms with E-state index in [4.69, 9.17) is 11.6 Å². The summed E-state index contributed by atoms with van der Waals surface area (Å²) in [6.07, 6.45) is 3.76. The average Bonchev–Trinajstić information content (AvgIpc) is 3.29. The second kappa shape index (κ2) is 10.2. The summed E-state index contributed by atoms with van der Waals surface area (Å²) in [5, 5.41) is 0.728. The minimum atomic E-state index is -3.83. The first kappa shape index (κ1) is 24.1. The van der Waals surface area contributed by atoms with Crippen molar-refractivity contribution in [1.82, 2.24) is 8.87 Å². The van der Waals surface area contributed by atoms with Crippen LogP contribution in [0, 0.1) is 0 Å². The highest BCUT2D eigenvalue weighted by Gasteiger charge is 2.30. The van der Waals surface area contributed by atoms with E-state index in [-0.39, 0.29) is 10.7 Å². The van der Waals surface area contributed by atoms with Crippen LogP contribution in [0.1, 0.15) is 41.0 Å². The number of piperazine rings is 1. The summed E-state index contributed by atoms with van der Waals surface area (Å²) in [5.41, 5.74) is 3.23. The lowest BCUT2D eigenvalue weighted by molar-refractivity contribution is 0.0956. The van der Waals surface area contributed by atoms with Gasteiger partial charge in [0, 0.05) is 55.5 Å². The molecule has 1 saturated heterocycles. The van der Waals surface area contributed by atoms with Gasteiger partial charge in [-0.1, -0.05) is 29.8 Å². The van der Waals surface area contributed by atoms with Crippen LogP contribution in [0.15, 0.2) is 65.6 Å². The zero-order valence-electron chi connectivity index (χ0n) is 19.7. The number of ketones is 1. The highest BCUT2D eigenvalue weighted by atomic mass is 35.5. The van der Waals surface area contributed by atoms with Crippen molar-refractivity contribution in [2.24, 2.45) is 0 Å². The standard InChI is InChI=1S/C27H30ClN3O3S/c28-22-10-12-23(13-11-22)30-18-16-29(17-19-30)15-14-27(32)26-20-21-6-4-5-9-25(21)31(26)35(33,34)24-7-2-1-3-8-24/h1-3,7-8,10-13,20H,4-6,9,14-19H2. The molecule has 0 saturated carbocycles. The van der Waals surface area contributed by atoms with E-state index in [1.807, 2.05) is 30.3 Å². The number of halogens is 1. The van der Waals surface area contributed by atoms with Crippen LogP contribution < -0.4 is 4.90 Å². The largest absolute Gasteiger partial charge is 0.369 e. The van der Waals surface area contributed by atoms with Gasteiger partial charge in [0.15, 0.2) is 5.78 Å². The number of aryl methyl sites for hydroxylation is 1. The molecule has 0 unspecified atom stereocenters. The lowest BCUT2D eigenvalue weighted by atomic mass is 9.98. The van der Waals surface area contributed by atoms with Crippen LogP contribution in [0.4, 0.5) is 5.69 Å². The number of rotatable bonds is 7. The SMILES string of the molecule is O=C(CCN1CCN(c2ccc(Cl)cc2)CC1)c1cc2c(n1S(=O)(=O)c1ccccc1)CCCC2. The van der Waals surface area contributed by atoms with Crippen molar-refractivity contribution in [3.8, 4) is 0 Å². The number of carbonyl (C=O) groups is 1. The molecule has 0 amide bonds. The lowest BCUT2D eigenvalue weighted by Gasteiger charge is -2.36. The average molecular weight is 512 g/mol. The smallest absolute Gasteiger partial charge is 0.268 e. The number of Topliss-reactive ketones (excluding diaryl/α,β-unsaturated/α-hetero) is 1. The van der Waals surface area contributed by atoms with Crippen LogP contribution in [-0.2, 0) is 22.9 Å². The van der Waals surface area contributed by atoms with Gasteiger partial charge in [-0.15, -0.1) is 0 Å². The number of aromatic nitrogens is 1. The number of nitrogens with zero attached hydrogens (tertiary/aromatic N) is 3. The minimum Gasteiger partial charge on any atom is -0.369 e. The zero-order valence-corrected chi connectivity index (χ0v) is 21.3. The summed E-state index contributed by atoms with van der Waals surface area (Å²) in [5.74, 6) is -0.112. The second-order valence-corrected chi connectivity index (χ2v) is 11.5. The first-order valence-electron chi connectivity index (χ1n) is 12.2. The molecule has 0 atom stereocenters. The van der Waals surface area contributed by atoms with Crippen molar-refractivity contribution in [3.63, 3.8) is 0 Å². The molecule has 0 bridgehead atoms.